The minimum absolute atomic E-state index is 0.0724. The van der Waals surface area contributed by atoms with E-state index < -0.39 is 21.6 Å². The summed E-state index contributed by atoms with van der Waals surface area (Å²) >= 11 is 0. The van der Waals surface area contributed by atoms with Crippen molar-refractivity contribution in [2.24, 2.45) is 0 Å². The Hall–Kier alpha value is -2.68. The van der Waals surface area contributed by atoms with Crippen LogP contribution < -0.4 is 0 Å². The molecular formula is C16H12F3N3O2S. The topological polar surface area (TPSA) is 75.7 Å². The molecule has 0 aliphatic carbocycles. The number of nitrogens with zero attached hydrogens (tertiary/aromatic N) is 2. The molecule has 3 rings (SSSR count). The van der Waals surface area contributed by atoms with Gasteiger partial charge < -0.3 is 4.98 Å². The first-order chi connectivity index (χ1) is 11.7. The van der Waals surface area contributed by atoms with E-state index in [1.165, 1.54) is 36.7 Å². The standard InChI is InChI=1S/C16H12F3N3O2S/c1-25(23,24)12-5-3-2-4-10(12)13-11(16(17,18)19)6-7-20-14(13)15-21-8-9-22-15/h2-9H,1H3,(H,21,22). The van der Waals surface area contributed by atoms with Crippen molar-refractivity contribution >= 4 is 9.84 Å². The van der Waals surface area contributed by atoms with Crippen LogP contribution >= 0.6 is 0 Å². The quantitative estimate of drug-likeness (QED) is 0.768. The van der Waals surface area contributed by atoms with Gasteiger partial charge in [-0.15, -0.1) is 0 Å². The zero-order valence-electron chi connectivity index (χ0n) is 12.9. The second kappa shape index (κ2) is 5.99. The monoisotopic (exact) mass is 367 g/mol. The fourth-order valence-corrected chi connectivity index (χ4v) is 3.44. The van der Waals surface area contributed by atoms with Crippen LogP contribution in [-0.4, -0.2) is 29.6 Å². The second-order valence-electron chi connectivity index (χ2n) is 5.29. The molecular weight excluding hydrogens is 355 g/mol. The van der Waals surface area contributed by atoms with Crippen LogP contribution in [0.3, 0.4) is 0 Å². The van der Waals surface area contributed by atoms with Gasteiger partial charge in [0.15, 0.2) is 15.7 Å². The summed E-state index contributed by atoms with van der Waals surface area (Å²) in [7, 11) is -3.76. The van der Waals surface area contributed by atoms with Crippen LogP contribution in [0.15, 0.2) is 53.8 Å². The van der Waals surface area contributed by atoms with Gasteiger partial charge in [-0.3, -0.25) is 4.98 Å². The van der Waals surface area contributed by atoms with Crippen molar-refractivity contribution in [2.45, 2.75) is 11.1 Å². The van der Waals surface area contributed by atoms with Crippen LogP contribution in [0.5, 0.6) is 0 Å². The Bertz CT molecular complexity index is 1010. The van der Waals surface area contributed by atoms with Gasteiger partial charge in [0.25, 0.3) is 0 Å². The van der Waals surface area contributed by atoms with E-state index in [4.69, 9.17) is 0 Å². The number of rotatable bonds is 3. The number of aromatic amines is 1. The molecule has 0 saturated heterocycles. The average Bonchev–Trinajstić information content (AvgIpc) is 3.07. The van der Waals surface area contributed by atoms with Gasteiger partial charge >= 0.3 is 6.18 Å². The molecule has 5 nitrogen and oxygen atoms in total. The maximum Gasteiger partial charge on any atom is 0.417 e. The van der Waals surface area contributed by atoms with Crippen LogP contribution in [0.1, 0.15) is 5.56 Å². The van der Waals surface area contributed by atoms with E-state index >= 15 is 0 Å². The first-order valence-electron chi connectivity index (χ1n) is 7.05. The number of nitrogens with one attached hydrogen (secondary N) is 1. The highest BCUT2D eigenvalue weighted by molar-refractivity contribution is 7.90. The number of pyridine rings is 1. The summed E-state index contributed by atoms with van der Waals surface area (Å²) in [4.78, 5) is 10.5. The van der Waals surface area contributed by atoms with Gasteiger partial charge in [-0.05, 0) is 12.1 Å². The molecule has 0 fully saturated rings. The molecule has 3 aromatic rings. The molecule has 130 valence electrons. The van der Waals surface area contributed by atoms with Crippen LogP contribution in [0.2, 0.25) is 0 Å². The van der Waals surface area contributed by atoms with Crippen molar-refractivity contribution in [3.8, 4) is 22.6 Å². The Labute approximate surface area is 141 Å². The van der Waals surface area contributed by atoms with Gasteiger partial charge in [0.05, 0.1) is 10.5 Å². The molecule has 0 amide bonds. The summed E-state index contributed by atoms with van der Waals surface area (Å²) in [5.41, 5.74) is -1.45. The first kappa shape index (κ1) is 17.2. The van der Waals surface area contributed by atoms with E-state index in [1.807, 2.05) is 0 Å². The molecule has 1 N–H and O–H groups in total. The Balaban J connectivity index is 2.44. The van der Waals surface area contributed by atoms with E-state index in [1.54, 1.807) is 0 Å². The molecule has 2 heterocycles. The zero-order valence-corrected chi connectivity index (χ0v) is 13.7. The van der Waals surface area contributed by atoms with Gasteiger partial charge in [-0.1, -0.05) is 18.2 Å². The van der Waals surface area contributed by atoms with Crippen molar-refractivity contribution in [3.63, 3.8) is 0 Å². The normalized spacial score (nSPS) is 12.3. The highest BCUT2D eigenvalue weighted by Gasteiger charge is 2.36. The molecule has 25 heavy (non-hydrogen) atoms. The minimum Gasteiger partial charge on any atom is -0.343 e. The highest BCUT2D eigenvalue weighted by atomic mass is 32.2. The van der Waals surface area contributed by atoms with Crippen molar-refractivity contribution < 1.29 is 21.6 Å². The lowest BCUT2D eigenvalue weighted by atomic mass is 9.97. The van der Waals surface area contributed by atoms with Crippen LogP contribution in [0.4, 0.5) is 13.2 Å². The summed E-state index contributed by atoms with van der Waals surface area (Å²) in [5, 5.41) is 0. The number of benzene rings is 1. The zero-order chi connectivity index (χ0) is 18.2. The van der Waals surface area contributed by atoms with Gasteiger partial charge in [0.2, 0.25) is 0 Å². The lowest BCUT2D eigenvalue weighted by Gasteiger charge is -2.17. The van der Waals surface area contributed by atoms with E-state index in [0.717, 1.165) is 18.5 Å². The summed E-state index contributed by atoms with van der Waals surface area (Å²) in [6.45, 7) is 0. The molecule has 0 aliphatic heterocycles. The third kappa shape index (κ3) is 3.27. The number of alkyl halides is 3. The van der Waals surface area contributed by atoms with Crippen LogP contribution in [-0.2, 0) is 16.0 Å². The highest BCUT2D eigenvalue weighted by Crippen LogP contribution is 2.42. The average molecular weight is 367 g/mol. The molecule has 0 atom stereocenters. The molecule has 0 radical (unpaired) electrons. The maximum absolute atomic E-state index is 13.6. The number of imidazole rings is 1. The molecule has 0 unspecified atom stereocenters. The van der Waals surface area contributed by atoms with E-state index in [-0.39, 0.29) is 27.5 Å². The third-order valence-corrected chi connectivity index (χ3v) is 4.69. The smallest absolute Gasteiger partial charge is 0.343 e. The molecule has 0 spiro atoms. The summed E-state index contributed by atoms with van der Waals surface area (Å²) in [6.07, 6.45) is 0.104. The number of hydrogen-bond donors (Lipinski definition) is 1. The Morgan fingerprint density at radius 2 is 1.76 bits per heavy atom. The van der Waals surface area contributed by atoms with Crippen molar-refractivity contribution in [1.82, 2.24) is 15.0 Å². The Morgan fingerprint density at radius 1 is 1.04 bits per heavy atom. The SMILES string of the molecule is CS(=O)(=O)c1ccccc1-c1c(C(F)(F)F)ccnc1-c1ncc[nH]1. The van der Waals surface area contributed by atoms with Gasteiger partial charge in [-0.2, -0.15) is 13.2 Å². The fraction of sp³-hybridized carbons (Fsp3) is 0.125. The molecule has 0 aliphatic rings. The predicted octanol–water partition coefficient (Wildman–Crippen LogP) is 3.56. The van der Waals surface area contributed by atoms with Gasteiger partial charge in [0.1, 0.15) is 5.69 Å². The number of hydrogen-bond acceptors (Lipinski definition) is 4. The van der Waals surface area contributed by atoms with E-state index in [2.05, 4.69) is 15.0 Å². The lowest BCUT2D eigenvalue weighted by Crippen LogP contribution is -2.11. The summed E-state index contributed by atoms with van der Waals surface area (Å²) in [6, 6.07) is 6.35. The van der Waals surface area contributed by atoms with Crippen molar-refractivity contribution in [1.29, 1.82) is 0 Å². The maximum atomic E-state index is 13.6. The Kier molecular flexibility index (Phi) is 4.11. The second-order valence-corrected chi connectivity index (χ2v) is 7.27. The van der Waals surface area contributed by atoms with Crippen molar-refractivity contribution in [3.05, 3.63) is 54.5 Å². The van der Waals surface area contributed by atoms with Crippen LogP contribution in [0, 0.1) is 0 Å². The minimum atomic E-state index is -4.69. The third-order valence-electron chi connectivity index (χ3n) is 3.53. The Morgan fingerprint density at radius 3 is 2.36 bits per heavy atom. The van der Waals surface area contributed by atoms with Crippen LogP contribution in [0.25, 0.3) is 22.6 Å². The van der Waals surface area contributed by atoms with E-state index in [9.17, 15) is 21.6 Å². The molecule has 0 saturated carbocycles. The van der Waals surface area contributed by atoms with Gasteiger partial charge in [0, 0.05) is 36.0 Å². The number of H-pyrrole nitrogens is 1. The molecule has 1 aromatic carbocycles. The molecule has 2 aromatic heterocycles. The molecule has 9 heteroatoms. The van der Waals surface area contributed by atoms with Gasteiger partial charge in [-0.25, -0.2) is 13.4 Å². The molecule has 0 bridgehead atoms. The van der Waals surface area contributed by atoms with E-state index in [0.29, 0.717) is 0 Å². The first-order valence-corrected chi connectivity index (χ1v) is 8.94. The lowest BCUT2D eigenvalue weighted by molar-refractivity contribution is -0.137. The largest absolute Gasteiger partial charge is 0.417 e. The van der Waals surface area contributed by atoms with Crippen molar-refractivity contribution in [2.75, 3.05) is 6.26 Å². The number of aromatic nitrogens is 3. The number of halogens is 3. The summed E-state index contributed by atoms with van der Waals surface area (Å²) < 4.78 is 64.8. The summed E-state index contributed by atoms with van der Waals surface area (Å²) in [5.74, 6) is 0.115. The predicted molar refractivity (Wildman–Crippen MR) is 85.4 cm³/mol. The fourth-order valence-electron chi connectivity index (χ4n) is 2.54. The number of sulfone groups is 1.